The van der Waals surface area contributed by atoms with Gasteiger partial charge in [-0.3, -0.25) is 9.09 Å². The van der Waals surface area contributed by atoms with E-state index in [1.54, 1.807) is 6.08 Å². The molecular formula is C17H22ClN3O3. The van der Waals surface area contributed by atoms with E-state index in [2.05, 4.69) is 10.1 Å². The quantitative estimate of drug-likeness (QED) is 0.860. The Bertz CT molecular complexity index is 705. The molecule has 0 spiro atoms. The summed E-state index contributed by atoms with van der Waals surface area (Å²) in [6.07, 6.45) is 5.31. The Hall–Kier alpha value is -1.89. The van der Waals surface area contributed by atoms with Gasteiger partial charge in [-0.25, -0.2) is 4.79 Å². The zero-order valence-electron chi connectivity index (χ0n) is 13.4. The summed E-state index contributed by atoms with van der Waals surface area (Å²) in [5.74, 6) is -0.127. The molecule has 0 aliphatic carbocycles. The smallest absolute Gasteiger partial charge is 0.390 e. The van der Waals surface area contributed by atoms with Crippen LogP contribution >= 0.6 is 12.4 Å². The molecule has 1 aromatic heterocycles. The molecule has 3 rings (SSSR count). The molecule has 24 heavy (non-hydrogen) atoms. The van der Waals surface area contributed by atoms with Crippen LogP contribution in [0, 0.1) is 0 Å². The number of nitrogens with zero attached hydrogens (tertiary/aromatic N) is 3. The zero-order valence-corrected chi connectivity index (χ0v) is 14.2. The Morgan fingerprint density at radius 2 is 1.88 bits per heavy atom. The summed E-state index contributed by atoms with van der Waals surface area (Å²) in [5, 5.41) is 14.0. The maximum Gasteiger partial charge on any atom is 0.441 e. The van der Waals surface area contributed by atoms with Crippen molar-refractivity contribution in [3.05, 3.63) is 52.3 Å². The number of β-amino-alcohol motifs (C(OH)–C–C–N with tert-alkyl or cyclic N) is 1. The van der Waals surface area contributed by atoms with Crippen LogP contribution in [0.4, 0.5) is 0 Å². The van der Waals surface area contributed by atoms with Crippen LogP contribution in [0.15, 0.2) is 39.6 Å². The third-order valence-electron chi connectivity index (χ3n) is 4.00. The predicted octanol–water partition coefficient (Wildman–Crippen LogP) is 1.89. The molecule has 0 radical (unpaired) electrons. The maximum absolute atomic E-state index is 11.8. The van der Waals surface area contributed by atoms with Gasteiger partial charge in [0.25, 0.3) is 0 Å². The van der Waals surface area contributed by atoms with Crippen molar-refractivity contribution in [1.29, 1.82) is 0 Å². The molecule has 1 aliphatic heterocycles. The Kier molecular flexibility index (Phi) is 6.78. The van der Waals surface area contributed by atoms with Crippen LogP contribution in [-0.4, -0.2) is 45.5 Å². The van der Waals surface area contributed by atoms with Crippen LogP contribution in [0.5, 0.6) is 0 Å². The first-order valence-electron chi connectivity index (χ1n) is 7.92. The average molecular weight is 352 g/mol. The van der Waals surface area contributed by atoms with E-state index in [1.165, 1.54) is 17.4 Å². The lowest BCUT2D eigenvalue weighted by atomic mass is 10.2. The molecule has 7 heteroatoms. The normalized spacial score (nSPS) is 16.4. The molecule has 1 saturated heterocycles. The van der Waals surface area contributed by atoms with Gasteiger partial charge in [0, 0.05) is 6.54 Å². The van der Waals surface area contributed by atoms with Crippen molar-refractivity contribution in [2.75, 3.05) is 19.6 Å². The number of aliphatic hydroxyl groups excluding tert-OH is 1. The number of rotatable bonds is 6. The zero-order chi connectivity index (χ0) is 16.1. The van der Waals surface area contributed by atoms with Crippen LogP contribution in [0.2, 0.25) is 0 Å². The summed E-state index contributed by atoms with van der Waals surface area (Å²) in [6, 6.07) is 9.74. The van der Waals surface area contributed by atoms with E-state index in [4.69, 9.17) is 4.52 Å². The van der Waals surface area contributed by atoms with Crippen molar-refractivity contribution in [3.63, 3.8) is 0 Å². The van der Waals surface area contributed by atoms with Gasteiger partial charge >= 0.3 is 5.76 Å². The Balaban J connectivity index is 0.00000208. The van der Waals surface area contributed by atoms with Gasteiger partial charge in [0.15, 0.2) is 5.82 Å². The highest BCUT2D eigenvalue weighted by Crippen LogP contribution is 2.09. The van der Waals surface area contributed by atoms with Gasteiger partial charge in [-0.2, -0.15) is 0 Å². The lowest BCUT2D eigenvalue weighted by Gasteiger charge is -2.19. The largest absolute Gasteiger partial charge is 0.441 e. The van der Waals surface area contributed by atoms with Crippen LogP contribution in [0.25, 0.3) is 12.2 Å². The van der Waals surface area contributed by atoms with Crippen LogP contribution in [0.3, 0.4) is 0 Å². The molecule has 1 unspecified atom stereocenters. The number of aliphatic hydroxyl groups is 1. The minimum absolute atomic E-state index is 0. The van der Waals surface area contributed by atoms with Crippen LogP contribution < -0.4 is 5.76 Å². The third kappa shape index (κ3) is 4.80. The maximum atomic E-state index is 11.8. The molecule has 6 nitrogen and oxygen atoms in total. The predicted molar refractivity (Wildman–Crippen MR) is 95.1 cm³/mol. The fourth-order valence-electron chi connectivity index (χ4n) is 2.83. The van der Waals surface area contributed by atoms with Crippen molar-refractivity contribution in [1.82, 2.24) is 14.6 Å². The lowest BCUT2D eigenvalue weighted by Crippen LogP contribution is -2.35. The van der Waals surface area contributed by atoms with Crippen molar-refractivity contribution in [3.8, 4) is 0 Å². The molecule has 1 atom stereocenters. The van der Waals surface area contributed by atoms with E-state index in [0.717, 1.165) is 18.7 Å². The van der Waals surface area contributed by atoms with Gasteiger partial charge in [-0.15, -0.1) is 12.4 Å². The van der Waals surface area contributed by atoms with Crippen molar-refractivity contribution in [2.24, 2.45) is 0 Å². The Labute approximate surface area is 146 Å². The average Bonchev–Trinajstić information content (AvgIpc) is 3.18. The monoisotopic (exact) mass is 351 g/mol. The number of hydrogen-bond donors (Lipinski definition) is 1. The number of halogens is 1. The molecule has 2 heterocycles. The highest BCUT2D eigenvalue weighted by atomic mass is 35.5. The summed E-state index contributed by atoms with van der Waals surface area (Å²) in [4.78, 5) is 14.0. The third-order valence-corrected chi connectivity index (χ3v) is 4.00. The van der Waals surface area contributed by atoms with Crippen molar-refractivity contribution < 1.29 is 9.63 Å². The number of benzene rings is 1. The molecule has 1 aliphatic rings. The molecular weight excluding hydrogens is 330 g/mol. The fourth-order valence-corrected chi connectivity index (χ4v) is 2.83. The first kappa shape index (κ1) is 18.4. The SMILES string of the molecule is Cl.O=c1onc(/C=C/c2ccccc2)n1CC(O)CN1CCCC1. The molecule has 1 fully saturated rings. The summed E-state index contributed by atoms with van der Waals surface area (Å²) < 4.78 is 6.11. The van der Waals surface area contributed by atoms with Gasteiger partial charge in [0.05, 0.1) is 12.6 Å². The summed E-state index contributed by atoms with van der Waals surface area (Å²) in [7, 11) is 0. The Morgan fingerprint density at radius 1 is 1.17 bits per heavy atom. The molecule has 1 aromatic carbocycles. The molecule has 0 bridgehead atoms. The van der Waals surface area contributed by atoms with Gasteiger partial charge in [-0.05, 0) is 37.6 Å². The lowest BCUT2D eigenvalue weighted by molar-refractivity contribution is 0.107. The standard InChI is InChI=1S/C17H21N3O3.ClH/c21-15(12-19-10-4-5-11-19)13-20-16(18-23-17(20)22)9-8-14-6-2-1-3-7-14;/h1-3,6-9,15,21H,4-5,10-13H2;1H/b9-8+;. The molecule has 2 aromatic rings. The Morgan fingerprint density at radius 3 is 2.58 bits per heavy atom. The minimum atomic E-state index is -0.617. The second-order valence-corrected chi connectivity index (χ2v) is 5.82. The highest BCUT2D eigenvalue weighted by Gasteiger charge is 2.18. The summed E-state index contributed by atoms with van der Waals surface area (Å²) in [6.45, 7) is 2.78. The molecule has 130 valence electrons. The van der Waals surface area contributed by atoms with Gasteiger partial charge < -0.3 is 10.0 Å². The number of likely N-dealkylation sites (tertiary alicyclic amines) is 1. The second kappa shape index (κ2) is 8.82. The van der Waals surface area contributed by atoms with E-state index in [-0.39, 0.29) is 19.0 Å². The fraction of sp³-hybridized carbons (Fsp3) is 0.412. The summed E-state index contributed by atoms with van der Waals surface area (Å²) >= 11 is 0. The first-order chi connectivity index (χ1) is 11.2. The van der Waals surface area contributed by atoms with Crippen molar-refractivity contribution >= 4 is 24.6 Å². The van der Waals surface area contributed by atoms with E-state index in [0.29, 0.717) is 12.4 Å². The van der Waals surface area contributed by atoms with Gasteiger partial charge in [0.2, 0.25) is 0 Å². The van der Waals surface area contributed by atoms with Crippen molar-refractivity contribution in [2.45, 2.75) is 25.5 Å². The minimum Gasteiger partial charge on any atom is -0.390 e. The first-order valence-corrected chi connectivity index (χ1v) is 7.92. The molecule has 0 saturated carbocycles. The number of aromatic nitrogens is 2. The van der Waals surface area contributed by atoms with E-state index < -0.39 is 11.9 Å². The molecule has 1 N–H and O–H groups in total. The van der Waals surface area contributed by atoms with Crippen LogP contribution in [-0.2, 0) is 6.54 Å². The molecule has 0 amide bonds. The van der Waals surface area contributed by atoms with E-state index in [9.17, 15) is 9.90 Å². The highest BCUT2D eigenvalue weighted by molar-refractivity contribution is 5.85. The van der Waals surface area contributed by atoms with Gasteiger partial charge in [-0.1, -0.05) is 41.6 Å². The van der Waals surface area contributed by atoms with Gasteiger partial charge in [0.1, 0.15) is 0 Å². The summed E-state index contributed by atoms with van der Waals surface area (Å²) in [5.41, 5.74) is 1.01. The second-order valence-electron chi connectivity index (χ2n) is 5.82. The van der Waals surface area contributed by atoms with E-state index >= 15 is 0 Å². The number of hydrogen-bond acceptors (Lipinski definition) is 5. The topological polar surface area (TPSA) is 71.5 Å². The van der Waals surface area contributed by atoms with E-state index in [1.807, 2.05) is 36.4 Å². The van der Waals surface area contributed by atoms with Crippen LogP contribution in [0.1, 0.15) is 24.2 Å².